The molecule has 0 amide bonds. The fourth-order valence-corrected chi connectivity index (χ4v) is 7.68. The summed E-state index contributed by atoms with van der Waals surface area (Å²) in [6, 6.07) is 4.67. The highest BCUT2D eigenvalue weighted by Gasteiger charge is 2.52. The number of halogens is 4. The number of benzene rings is 1. The van der Waals surface area contributed by atoms with Gasteiger partial charge in [0.05, 0.1) is 12.2 Å². The average Bonchev–Trinajstić information content (AvgIpc) is 3.65. The largest absolute Gasteiger partial charge is 0.416 e. The van der Waals surface area contributed by atoms with E-state index >= 15 is 4.39 Å². The lowest BCUT2D eigenvalue weighted by Crippen LogP contribution is -2.52. The van der Waals surface area contributed by atoms with E-state index in [1.165, 1.54) is 25.0 Å². The van der Waals surface area contributed by atoms with E-state index in [1.807, 2.05) is 0 Å². The summed E-state index contributed by atoms with van der Waals surface area (Å²) in [5.74, 6) is 0.523. The van der Waals surface area contributed by atoms with Crippen LogP contribution in [-0.4, -0.2) is 87.8 Å². The van der Waals surface area contributed by atoms with E-state index in [-0.39, 0.29) is 11.8 Å². The molecule has 0 aromatic heterocycles. The Bertz CT molecular complexity index is 964. The first-order valence-corrected chi connectivity index (χ1v) is 14.8. The van der Waals surface area contributed by atoms with Gasteiger partial charge in [-0.25, -0.2) is 4.39 Å². The maximum absolute atomic E-state index is 16.6. The Morgan fingerprint density at radius 3 is 2.38 bits per heavy atom. The molecular formula is C30H45F4N3O2. The van der Waals surface area contributed by atoms with E-state index in [0.717, 1.165) is 50.9 Å². The quantitative estimate of drug-likeness (QED) is 0.371. The molecule has 3 saturated heterocycles. The van der Waals surface area contributed by atoms with Crippen molar-refractivity contribution in [2.45, 2.75) is 81.9 Å². The normalized spacial score (nSPS) is 31.0. The molecule has 3 heterocycles. The average molecular weight is 556 g/mol. The van der Waals surface area contributed by atoms with Crippen molar-refractivity contribution in [2.75, 3.05) is 65.0 Å². The lowest BCUT2D eigenvalue weighted by molar-refractivity contribution is -0.137. The zero-order valence-electron chi connectivity index (χ0n) is 23.7. The molecule has 5 nitrogen and oxygen atoms in total. The van der Waals surface area contributed by atoms with Gasteiger partial charge in [0, 0.05) is 77.1 Å². The van der Waals surface area contributed by atoms with Gasteiger partial charge >= 0.3 is 6.18 Å². The number of hydrogen-bond acceptors (Lipinski definition) is 5. The summed E-state index contributed by atoms with van der Waals surface area (Å²) < 4.78 is 69.4. The van der Waals surface area contributed by atoms with Crippen molar-refractivity contribution in [3.63, 3.8) is 0 Å². The maximum Gasteiger partial charge on any atom is 0.416 e. The minimum Gasteiger partial charge on any atom is -0.384 e. The Morgan fingerprint density at radius 1 is 1.03 bits per heavy atom. The zero-order chi connectivity index (χ0) is 27.8. The molecule has 0 spiro atoms. The standard InChI is InChI=1S/C30H45F4N3O2/c1-21-10-13-35(14-11-21)27-16-23(30(32,33)34)8-9-25(27)26-18-37(17-22(26)19-38-2)28(39-3)29(31)12-15-36(20-29)24-6-4-5-7-24/h8-9,16,21-22,24,26,28H,4-7,10-15,17-20H2,1-3H3/t22-,26?,28?,29-/m1/s1. The van der Waals surface area contributed by atoms with Crippen LogP contribution in [0.5, 0.6) is 0 Å². The van der Waals surface area contributed by atoms with Gasteiger partial charge in [0.2, 0.25) is 0 Å². The van der Waals surface area contributed by atoms with E-state index in [4.69, 9.17) is 9.47 Å². The van der Waals surface area contributed by atoms with E-state index in [0.29, 0.717) is 50.3 Å². The van der Waals surface area contributed by atoms with Gasteiger partial charge in [-0.05, 0) is 55.7 Å². The van der Waals surface area contributed by atoms with Gasteiger partial charge in [-0.15, -0.1) is 0 Å². The number of hydrogen-bond donors (Lipinski definition) is 0. The summed E-state index contributed by atoms with van der Waals surface area (Å²) in [5, 5.41) is 0. The van der Waals surface area contributed by atoms with Gasteiger partial charge < -0.3 is 14.4 Å². The van der Waals surface area contributed by atoms with Crippen LogP contribution in [0.1, 0.15) is 68.9 Å². The summed E-state index contributed by atoms with van der Waals surface area (Å²) in [7, 11) is 3.24. The molecule has 220 valence electrons. The minimum atomic E-state index is -4.40. The monoisotopic (exact) mass is 555 g/mol. The zero-order valence-corrected chi connectivity index (χ0v) is 23.7. The van der Waals surface area contributed by atoms with Crippen LogP contribution in [0, 0.1) is 11.8 Å². The van der Waals surface area contributed by atoms with Gasteiger partial charge in [-0.3, -0.25) is 9.80 Å². The first kappa shape index (κ1) is 29.1. The van der Waals surface area contributed by atoms with E-state index in [1.54, 1.807) is 20.3 Å². The number of ether oxygens (including phenoxy) is 2. The Labute approximate surface area is 230 Å². The lowest BCUT2D eigenvalue weighted by atomic mass is 9.86. The van der Waals surface area contributed by atoms with Gasteiger partial charge in [0.1, 0.15) is 6.23 Å². The van der Waals surface area contributed by atoms with Gasteiger partial charge in [0.25, 0.3) is 0 Å². The van der Waals surface area contributed by atoms with Gasteiger partial charge in [-0.1, -0.05) is 25.8 Å². The lowest BCUT2D eigenvalue weighted by Gasteiger charge is -2.37. The SMILES string of the molecule is COC[C@H]1CN(C(OC)[C@@]2(F)CCN(C3CCCC3)C2)CC1c1ccc(C(F)(F)F)cc1N1CCC(C)CC1. The first-order chi connectivity index (χ1) is 18.6. The molecule has 4 aliphatic rings. The number of anilines is 1. The Morgan fingerprint density at radius 2 is 1.74 bits per heavy atom. The van der Waals surface area contributed by atoms with Crippen molar-refractivity contribution < 1.29 is 27.0 Å². The summed E-state index contributed by atoms with van der Waals surface area (Å²) in [6.07, 6.45) is 1.97. The number of rotatable bonds is 8. The second-order valence-corrected chi connectivity index (χ2v) is 12.5. The third-order valence-corrected chi connectivity index (χ3v) is 9.85. The van der Waals surface area contributed by atoms with Gasteiger partial charge in [0.15, 0.2) is 5.67 Å². The van der Waals surface area contributed by atoms with E-state index < -0.39 is 23.6 Å². The molecule has 2 unspecified atom stereocenters. The van der Waals surface area contributed by atoms with E-state index in [2.05, 4.69) is 21.6 Å². The van der Waals surface area contributed by atoms with Gasteiger partial charge in [-0.2, -0.15) is 13.2 Å². The fraction of sp³-hybridized carbons (Fsp3) is 0.800. The van der Waals surface area contributed by atoms with Crippen LogP contribution < -0.4 is 4.90 Å². The van der Waals surface area contributed by atoms with Crippen molar-refractivity contribution in [2.24, 2.45) is 11.8 Å². The summed E-state index contributed by atoms with van der Waals surface area (Å²) in [6.45, 7) is 6.39. The summed E-state index contributed by atoms with van der Waals surface area (Å²) in [4.78, 5) is 6.52. The molecule has 4 fully saturated rings. The predicted molar refractivity (Wildman–Crippen MR) is 145 cm³/mol. The van der Waals surface area contributed by atoms with E-state index in [9.17, 15) is 13.2 Å². The third-order valence-electron chi connectivity index (χ3n) is 9.85. The van der Waals surface area contributed by atoms with Crippen LogP contribution in [0.15, 0.2) is 18.2 Å². The highest BCUT2D eigenvalue weighted by atomic mass is 19.4. The molecule has 3 aliphatic heterocycles. The molecule has 9 heteroatoms. The molecule has 0 bridgehead atoms. The number of methoxy groups -OCH3 is 2. The molecule has 1 saturated carbocycles. The summed E-state index contributed by atoms with van der Waals surface area (Å²) in [5.41, 5.74) is -0.519. The molecule has 0 N–H and O–H groups in total. The highest BCUT2D eigenvalue weighted by Crippen LogP contribution is 2.45. The molecule has 1 aliphatic carbocycles. The van der Waals surface area contributed by atoms with Crippen LogP contribution in [0.3, 0.4) is 0 Å². The number of piperidine rings is 1. The van der Waals surface area contributed by atoms with Crippen molar-refractivity contribution in [1.82, 2.24) is 9.80 Å². The predicted octanol–water partition coefficient (Wildman–Crippen LogP) is 5.93. The molecule has 5 rings (SSSR count). The topological polar surface area (TPSA) is 28.2 Å². The van der Waals surface area contributed by atoms with Crippen molar-refractivity contribution in [3.8, 4) is 0 Å². The minimum absolute atomic E-state index is 0.0304. The van der Waals surface area contributed by atoms with Crippen molar-refractivity contribution >= 4 is 5.69 Å². The fourth-order valence-electron chi connectivity index (χ4n) is 7.68. The van der Waals surface area contributed by atoms with Crippen LogP contribution in [0.25, 0.3) is 0 Å². The second-order valence-electron chi connectivity index (χ2n) is 12.5. The summed E-state index contributed by atoms with van der Waals surface area (Å²) >= 11 is 0. The number of alkyl halides is 4. The second kappa shape index (κ2) is 11.8. The van der Waals surface area contributed by atoms with Crippen LogP contribution in [0.2, 0.25) is 0 Å². The molecule has 1 aromatic rings. The smallest absolute Gasteiger partial charge is 0.384 e. The maximum atomic E-state index is 16.6. The molecule has 0 radical (unpaired) electrons. The molecular weight excluding hydrogens is 510 g/mol. The molecule has 1 aromatic carbocycles. The molecule has 39 heavy (non-hydrogen) atoms. The number of nitrogens with zero attached hydrogens (tertiary/aromatic N) is 3. The Hall–Kier alpha value is -1.42. The Kier molecular flexibility index (Phi) is 8.82. The van der Waals surface area contributed by atoms with Crippen molar-refractivity contribution in [1.29, 1.82) is 0 Å². The Balaban J connectivity index is 1.41. The van der Waals surface area contributed by atoms with Crippen molar-refractivity contribution in [3.05, 3.63) is 29.3 Å². The van der Waals surface area contributed by atoms with Crippen LogP contribution >= 0.6 is 0 Å². The first-order valence-electron chi connectivity index (χ1n) is 14.8. The highest BCUT2D eigenvalue weighted by molar-refractivity contribution is 5.58. The third kappa shape index (κ3) is 6.11. The number of likely N-dealkylation sites (tertiary alicyclic amines) is 2. The van der Waals surface area contributed by atoms with Crippen LogP contribution in [0.4, 0.5) is 23.2 Å². The molecule has 4 atom stereocenters. The van der Waals surface area contributed by atoms with Crippen LogP contribution in [-0.2, 0) is 15.7 Å².